The van der Waals surface area contributed by atoms with Gasteiger partial charge in [-0.05, 0) is 5.56 Å². The Hall–Kier alpha value is -1.97. The molecule has 2 amide bonds. The molecule has 0 radical (unpaired) electrons. The fraction of sp³-hybridized carbons (Fsp3) is 0.500. The number of thiazole rings is 1. The van der Waals surface area contributed by atoms with Crippen LogP contribution < -0.4 is 5.32 Å². The standard InChI is InChI=1S/C20H28N4O3S2/c1-20(2,3)18-22-17(14-28-18)13-21-19(25)23-9-11-24(12-10-23)29(26,27)15-16-7-5-4-6-8-16/h4-8,14H,9-13,15H2,1-3H3,(H,21,25). The summed E-state index contributed by atoms with van der Waals surface area (Å²) < 4.78 is 26.7. The molecule has 0 aliphatic carbocycles. The molecule has 1 aliphatic rings. The smallest absolute Gasteiger partial charge is 0.317 e. The molecule has 2 heterocycles. The number of carbonyl (C=O) groups is 1. The molecule has 9 heteroatoms. The van der Waals surface area contributed by atoms with E-state index in [0.717, 1.165) is 16.3 Å². The second-order valence-electron chi connectivity index (χ2n) is 8.18. The zero-order chi connectivity index (χ0) is 21.1. The molecular formula is C20H28N4O3S2. The zero-order valence-corrected chi connectivity index (χ0v) is 18.7. The van der Waals surface area contributed by atoms with Gasteiger partial charge in [-0.2, -0.15) is 4.31 Å². The fourth-order valence-electron chi connectivity index (χ4n) is 3.06. The highest BCUT2D eigenvalue weighted by Crippen LogP contribution is 2.25. The number of amides is 2. The predicted molar refractivity (Wildman–Crippen MR) is 115 cm³/mol. The molecule has 158 valence electrons. The number of rotatable bonds is 5. The Balaban J connectivity index is 1.48. The maximum atomic E-state index is 12.6. The summed E-state index contributed by atoms with van der Waals surface area (Å²) in [4.78, 5) is 18.7. The van der Waals surface area contributed by atoms with Crippen molar-refractivity contribution in [3.05, 3.63) is 52.0 Å². The van der Waals surface area contributed by atoms with Crippen molar-refractivity contribution in [2.75, 3.05) is 26.2 Å². The van der Waals surface area contributed by atoms with Crippen LogP contribution in [0.25, 0.3) is 0 Å². The molecule has 1 saturated heterocycles. The first-order chi connectivity index (χ1) is 13.6. The van der Waals surface area contributed by atoms with Gasteiger partial charge in [0.05, 0.1) is 23.0 Å². The van der Waals surface area contributed by atoms with Crippen molar-refractivity contribution in [1.82, 2.24) is 19.5 Å². The normalized spacial score (nSPS) is 16.0. The number of nitrogens with zero attached hydrogens (tertiary/aromatic N) is 3. The highest BCUT2D eigenvalue weighted by molar-refractivity contribution is 7.88. The number of sulfonamides is 1. The molecule has 1 N–H and O–H groups in total. The summed E-state index contributed by atoms with van der Waals surface area (Å²) in [6.07, 6.45) is 0. The van der Waals surface area contributed by atoms with E-state index in [-0.39, 0.29) is 17.2 Å². The quantitative estimate of drug-likeness (QED) is 0.781. The van der Waals surface area contributed by atoms with Gasteiger partial charge < -0.3 is 10.2 Å². The maximum absolute atomic E-state index is 12.6. The molecule has 0 bridgehead atoms. The third-order valence-corrected chi connectivity index (χ3v) is 7.89. The van der Waals surface area contributed by atoms with Gasteiger partial charge in [0.1, 0.15) is 0 Å². The van der Waals surface area contributed by atoms with Crippen LogP contribution in [-0.2, 0) is 27.7 Å². The Labute approximate surface area is 176 Å². The van der Waals surface area contributed by atoms with Crippen LogP contribution in [0.3, 0.4) is 0 Å². The average molecular weight is 437 g/mol. The van der Waals surface area contributed by atoms with Crippen LogP contribution in [0.5, 0.6) is 0 Å². The summed E-state index contributed by atoms with van der Waals surface area (Å²) in [5.41, 5.74) is 1.61. The lowest BCUT2D eigenvalue weighted by atomic mass is 9.98. The van der Waals surface area contributed by atoms with Gasteiger partial charge in [-0.1, -0.05) is 51.1 Å². The molecule has 0 spiro atoms. The molecule has 2 aromatic rings. The molecule has 0 atom stereocenters. The minimum Gasteiger partial charge on any atom is -0.332 e. The van der Waals surface area contributed by atoms with Crippen LogP contribution in [-0.4, -0.2) is 54.8 Å². The summed E-state index contributed by atoms with van der Waals surface area (Å²) in [6, 6.07) is 8.97. The number of hydrogen-bond acceptors (Lipinski definition) is 5. The van der Waals surface area contributed by atoms with Crippen molar-refractivity contribution in [3.8, 4) is 0 Å². The summed E-state index contributed by atoms with van der Waals surface area (Å²) in [5.74, 6) is -0.0139. The molecule has 1 aromatic carbocycles. The average Bonchev–Trinajstić information content (AvgIpc) is 3.16. The molecule has 3 rings (SSSR count). The number of piperazine rings is 1. The van der Waals surface area contributed by atoms with Crippen LogP contribution in [0.1, 0.15) is 37.0 Å². The molecular weight excluding hydrogens is 408 g/mol. The highest BCUT2D eigenvalue weighted by atomic mass is 32.2. The lowest BCUT2D eigenvalue weighted by Crippen LogP contribution is -2.53. The summed E-state index contributed by atoms with van der Waals surface area (Å²) in [6.45, 7) is 8.09. The molecule has 1 aromatic heterocycles. The molecule has 0 saturated carbocycles. The largest absolute Gasteiger partial charge is 0.332 e. The minimum absolute atomic E-state index is 0.00546. The van der Waals surface area contributed by atoms with Gasteiger partial charge in [-0.25, -0.2) is 18.2 Å². The van der Waals surface area contributed by atoms with E-state index in [1.807, 2.05) is 35.7 Å². The van der Waals surface area contributed by atoms with Crippen LogP contribution in [0.4, 0.5) is 4.79 Å². The van der Waals surface area contributed by atoms with Gasteiger partial charge >= 0.3 is 6.03 Å². The lowest BCUT2D eigenvalue weighted by Gasteiger charge is -2.34. The topological polar surface area (TPSA) is 82.6 Å². The number of urea groups is 1. The van der Waals surface area contributed by atoms with Gasteiger partial charge in [0, 0.05) is 37.0 Å². The second-order valence-corrected chi connectivity index (χ2v) is 11.0. The molecule has 1 fully saturated rings. The first-order valence-electron chi connectivity index (χ1n) is 9.64. The monoisotopic (exact) mass is 436 g/mol. The minimum atomic E-state index is -3.39. The number of aromatic nitrogens is 1. The van der Waals surface area contributed by atoms with E-state index in [2.05, 4.69) is 31.1 Å². The van der Waals surface area contributed by atoms with Crippen molar-refractivity contribution in [2.24, 2.45) is 0 Å². The SMILES string of the molecule is CC(C)(C)c1nc(CNC(=O)N2CCN(S(=O)(=O)Cc3ccccc3)CC2)cs1. The Morgan fingerprint density at radius 3 is 2.38 bits per heavy atom. The summed E-state index contributed by atoms with van der Waals surface area (Å²) in [5, 5.41) is 5.90. The van der Waals surface area contributed by atoms with E-state index < -0.39 is 10.0 Å². The van der Waals surface area contributed by atoms with Crippen LogP contribution >= 0.6 is 11.3 Å². The fourth-order valence-corrected chi connectivity index (χ4v) is 5.48. The third kappa shape index (κ3) is 5.77. The van der Waals surface area contributed by atoms with E-state index in [4.69, 9.17) is 0 Å². The van der Waals surface area contributed by atoms with E-state index in [1.54, 1.807) is 16.2 Å². The Kier molecular flexibility index (Phi) is 6.60. The van der Waals surface area contributed by atoms with E-state index in [0.29, 0.717) is 32.7 Å². The van der Waals surface area contributed by atoms with Crippen molar-refractivity contribution < 1.29 is 13.2 Å². The highest BCUT2D eigenvalue weighted by Gasteiger charge is 2.29. The van der Waals surface area contributed by atoms with E-state index in [1.165, 1.54) is 4.31 Å². The van der Waals surface area contributed by atoms with Gasteiger partial charge in [-0.15, -0.1) is 11.3 Å². The van der Waals surface area contributed by atoms with Crippen molar-refractivity contribution in [1.29, 1.82) is 0 Å². The number of hydrogen-bond donors (Lipinski definition) is 1. The third-order valence-electron chi connectivity index (χ3n) is 4.73. The molecule has 1 aliphatic heterocycles. The van der Waals surface area contributed by atoms with E-state index >= 15 is 0 Å². The van der Waals surface area contributed by atoms with Crippen molar-refractivity contribution >= 4 is 27.4 Å². The Morgan fingerprint density at radius 2 is 1.79 bits per heavy atom. The predicted octanol–water partition coefficient (Wildman–Crippen LogP) is 2.80. The zero-order valence-electron chi connectivity index (χ0n) is 17.1. The lowest BCUT2D eigenvalue weighted by molar-refractivity contribution is 0.172. The summed E-state index contributed by atoms with van der Waals surface area (Å²) in [7, 11) is -3.39. The summed E-state index contributed by atoms with van der Waals surface area (Å²) >= 11 is 1.60. The van der Waals surface area contributed by atoms with Gasteiger partial charge in [0.2, 0.25) is 10.0 Å². The number of nitrogens with one attached hydrogen (secondary N) is 1. The Morgan fingerprint density at radius 1 is 1.14 bits per heavy atom. The van der Waals surface area contributed by atoms with E-state index in [9.17, 15) is 13.2 Å². The van der Waals surface area contributed by atoms with Gasteiger partial charge in [0.15, 0.2) is 0 Å². The maximum Gasteiger partial charge on any atom is 0.317 e. The first kappa shape index (κ1) is 21.7. The van der Waals surface area contributed by atoms with Gasteiger partial charge in [0.25, 0.3) is 0 Å². The molecule has 0 unspecified atom stereocenters. The number of carbonyl (C=O) groups excluding carboxylic acids is 1. The van der Waals surface area contributed by atoms with Crippen LogP contribution in [0, 0.1) is 0 Å². The van der Waals surface area contributed by atoms with Gasteiger partial charge in [-0.3, -0.25) is 0 Å². The first-order valence-corrected chi connectivity index (χ1v) is 12.1. The number of benzene rings is 1. The second kappa shape index (κ2) is 8.81. The molecule has 29 heavy (non-hydrogen) atoms. The van der Waals surface area contributed by atoms with Crippen molar-refractivity contribution in [2.45, 2.75) is 38.5 Å². The van der Waals surface area contributed by atoms with Crippen LogP contribution in [0.2, 0.25) is 0 Å². The molecule has 7 nitrogen and oxygen atoms in total. The van der Waals surface area contributed by atoms with Crippen LogP contribution in [0.15, 0.2) is 35.7 Å². The van der Waals surface area contributed by atoms with Crippen molar-refractivity contribution in [3.63, 3.8) is 0 Å². The Bertz CT molecular complexity index is 928.